The molecule has 106 valence electrons. The van der Waals surface area contributed by atoms with E-state index in [1.165, 1.54) is 12.1 Å². The number of primary sulfonamides is 1. The molecule has 1 amide bonds. The zero-order valence-electron chi connectivity index (χ0n) is 10.8. The lowest BCUT2D eigenvalue weighted by Crippen LogP contribution is -2.26. The van der Waals surface area contributed by atoms with E-state index in [4.69, 9.17) is 5.14 Å². The molecule has 0 aliphatic heterocycles. The number of nitrogens with one attached hydrogen (secondary N) is 2. The molecule has 1 aromatic carbocycles. The highest BCUT2D eigenvalue weighted by Crippen LogP contribution is 2.15. The molecule has 1 unspecified atom stereocenters. The number of rotatable bonds is 4. The summed E-state index contributed by atoms with van der Waals surface area (Å²) < 4.78 is 22.3. The predicted molar refractivity (Wildman–Crippen MR) is 74.5 cm³/mol. The minimum Gasteiger partial charge on any atom is -0.357 e. The fourth-order valence-electron chi connectivity index (χ4n) is 1.78. The Morgan fingerprint density at radius 3 is 2.40 bits per heavy atom. The largest absolute Gasteiger partial charge is 0.357 e. The van der Waals surface area contributed by atoms with Crippen LogP contribution in [0.3, 0.4) is 0 Å². The zero-order valence-corrected chi connectivity index (χ0v) is 11.6. The van der Waals surface area contributed by atoms with Crippen molar-refractivity contribution in [3.05, 3.63) is 53.9 Å². The highest BCUT2D eigenvalue weighted by molar-refractivity contribution is 7.89. The van der Waals surface area contributed by atoms with E-state index < -0.39 is 10.0 Å². The molecule has 1 heterocycles. The van der Waals surface area contributed by atoms with E-state index in [1.807, 2.05) is 6.92 Å². The third-order valence-electron chi connectivity index (χ3n) is 2.90. The summed E-state index contributed by atoms with van der Waals surface area (Å²) in [5, 5.41) is 7.83. The van der Waals surface area contributed by atoms with Crippen molar-refractivity contribution >= 4 is 15.9 Å². The minimum absolute atomic E-state index is 0.0455. The minimum atomic E-state index is -3.70. The van der Waals surface area contributed by atoms with Gasteiger partial charge in [0.1, 0.15) is 5.69 Å². The number of hydrogen-bond acceptors (Lipinski definition) is 3. The lowest BCUT2D eigenvalue weighted by Gasteiger charge is -2.14. The first kappa shape index (κ1) is 14.3. The van der Waals surface area contributed by atoms with E-state index in [0.717, 1.165) is 5.56 Å². The average molecular weight is 293 g/mol. The third-order valence-corrected chi connectivity index (χ3v) is 3.83. The van der Waals surface area contributed by atoms with Gasteiger partial charge in [-0.3, -0.25) is 4.79 Å². The summed E-state index contributed by atoms with van der Waals surface area (Å²) in [5.74, 6) is -0.224. The average Bonchev–Trinajstić information content (AvgIpc) is 2.91. The monoisotopic (exact) mass is 293 g/mol. The third kappa shape index (κ3) is 3.25. The van der Waals surface area contributed by atoms with Crippen LogP contribution in [0.15, 0.2) is 47.5 Å². The molecule has 0 saturated carbocycles. The van der Waals surface area contributed by atoms with Gasteiger partial charge in [-0.25, -0.2) is 13.6 Å². The SMILES string of the molecule is CC(NC(=O)c1ccc[nH]1)c1ccc(S(N)(=O)=O)cc1. The van der Waals surface area contributed by atoms with Crippen molar-refractivity contribution in [2.24, 2.45) is 5.14 Å². The number of benzene rings is 1. The Balaban J connectivity index is 2.10. The Bertz CT molecular complexity index is 691. The van der Waals surface area contributed by atoms with Crippen molar-refractivity contribution in [1.29, 1.82) is 0 Å². The van der Waals surface area contributed by atoms with E-state index in [2.05, 4.69) is 10.3 Å². The van der Waals surface area contributed by atoms with Gasteiger partial charge < -0.3 is 10.3 Å². The lowest BCUT2D eigenvalue weighted by atomic mass is 10.1. The molecule has 1 atom stereocenters. The first-order valence-corrected chi connectivity index (χ1v) is 7.49. The van der Waals surface area contributed by atoms with Crippen LogP contribution in [0.25, 0.3) is 0 Å². The summed E-state index contributed by atoms with van der Waals surface area (Å²) in [6, 6.07) is 9.25. The molecule has 0 saturated heterocycles. The Hall–Kier alpha value is -2.12. The summed E-state index contributed by atoms with van der Waals surface area (Å²) in [5.41, 5.74) is 1.26. The summed E-state index contributed by atoms with van der Waals surface area (Å²) in [6.07, 6.45) is 1.67. The molecule has 0 radical (unpaired) electrons. The quantitative estimate of drug-likeness (QED) is 0.787. The van der Waals surface area contributed by atoms with Gasteiger partial charge in [-0.1, -0.05) is 12.1 Å². The molecule has 0 fully saturated rings. The van der Waals surface area contributed by atoms with Gasteiger partial charge >= 0.3 is 0 Å². The second-order valence-corrected chi connectivity index (χ2v) is 5.95. The molecule has 7 heteroatoms. The number of H-pyrrole nitrogens is 1. The summed E-state index contributed by atoms with van der Waals surface area (Å²) >= 11 is 0. The number of carbonyl (C=O) groups excluding carboxylic acids is 1. The number of carbonyl (C=O) groups is 1. The summed E-state index contributed by atoms with van der Waals surface area (Å²) in [7, 11) is -3.70. The first-order chi connectivity index (χ1) is 9.38. The second kappa shape index (κ2) is 5.48. The number of hydrogen-bond donors (Lipinski definition) is 3. The molecule has 2 rings (SSSR count). The predicted octanol–water partition coefficient (Wildman–Crippen LogP) is 1.15. The number of aromatic nitrogens is 1. The van der Waals surface area contributed by atoms with E-state index in [0.29, 0.717) is 5.69 Å². The fraction of sp³-hybridized carbons (Fsp3) is 0.154. The van der Waals surface area contributed by atoms with Crippen LogP contribution in [0.1, 0.15) is 29.0 Å². The van der Waals surface area contributed by atoms with E-state index >= 15 is 0 Å². The molecule has 0 bridgehead atoms. The van der Waals surface area contributed by atoms with Gasteiger partial charge in [-0.15, -0.1) is 0 Å². The smallest absolute Gasteiger partial charge is 0.268 e. The van der Waals surface area contributed by atoms with Crippen LogP contribution < -0.4 is 10.5 Å². The van der Waals surface area contributed by atoms with Gasteiger partial charge in [-0.05, 0) is 36.8 Å². The van der Waals surface area contributed by atoms with Crippen LogP contribution in [0, 0.1) is 0 Å². The van der Waals surface area contributed by atoms with Crippen LogP contribution in [0.5, 0.6) is 0 Å². The van der Waals surface area contributed by atoms with Gasteiger partial charge in [0.25, 0.3) is 5.91 Å². The maximum Gasteiger partial charge on any atom is 0.268 e. The van der Waals surface area contributed by atoms with Crippen molar-refractivity contribution in [2.75, 3.05) is 0 Å². The van der Waals surface area contributed by atoms with Crippen LogP contribution in [-0.2, 0) is 10.0 Å². The molecule has 0 spiro atoms. The number of nitrogens with two attached hydrogens (primary N) is 1. The zero-order chi connectivity index (χ0) is 14.8. The van der Waals surface area contributed by atoms with E-state index in [9.17, 15) is 13.2 Å². The fourth-order valence-corrected chi connectivity index (χ4v) is 2.29. The molecule has 0 aliphatic carbocycles. The van der Waals surface area contributed by atoms with Crippen molar-refractivity contribution in [2.45, 2.75) is 17.9 Å². The number of amides is 1. The standard InChI is InChI=1S/C13H15N3O3S/c1-9(16-13(17)12-3-2-8-15-12)10-4-6-11(7-5-10)20(14,18)19/h2-9,15H,1H3,(H,16,17)(H2,14,18,19). The Kier molecular flexibility index (Phi) is 3.91. The molecule has 1 aromatic heterocycles. The Morgan fingerprint density at radius 1 is 1.25 bits per heavy atom. The number of sulfonamides is 1. The van der Waals surface area contributed by atoms with Crippen LogP contribution in [0.4, 0.5) is 0 Å². The van der Waals surface area contributed by atoms with Crippen molar-refractivity contribution in [3.63, 3.8) is 0 Å². The summed E-state index contributed by atoms with van der Waals surface area (Å²) in [6.45, 7) is 1.81. The molecular weight excluding hydrogens is 278 g/mol. The van der Waals surface area contributed by atoms with Crippen molar-refractivity contribution in [3.8, 4) is 0 Å². The van der Waals surface area contributed by atoms with Gasteiger partial charge in [0, 0.05) is 6.20 Å². The molecular formula is C13H15N3O3S. The van der Waals surface area contributed by atoms with Crippen LogP contribution in [0.2, 0.25) is 0 Å². The lowest BCUT2D eigenvalue weighted by molar-refractivity contribution is 0.0935. The van der Waals surface area contributed by atoms with E-state index in [-0.39, 0.29) is 16.8 Å². The van der Waals surface area contributed by atoms with Crippen molar-refractivity contribution in [1.82, 2.24) is 10.3 Å². The molecule has 20 heavy (non-hydrogen) atoms. The van der Waals surface area contributed by atoms with Gasteiger partial charge in [-0.2, -0.15) is 0 Å². The van der Waals surface area contributed by atoms with Gasteiger partial charge in [0.05, 0.1) is 10.9 Å². The van der Waals surface area contributed by atoms with Gasteiger partial charge in [0.15, 0.2) is 0 Å². The topological polar surface area (TPSA) is 105 Å². The highest BCUT2D eigenvalue weighted by Gasteiger charge is 2.13. The van der Waals surface area contributed by atoms with Crippen molar-refractivity contribution < 1.29 is 13.2 Å². The second-order valence-electron chi connectivity index (χ2n) is 4.39. The molecule has 0 aliphatic rings. The van der Waals surface area contributed by atoms with E-state index in [1.54, 1.807) is 30.5 Å². The van der Waals surface area contributed by atoms with Crippen LogP contribution in [-0.4, -0.2) is 19.3 Å². The Labute approximate surface area is 117 Å². The maximum atomic E-state index is 11.9. The van der Waals surface area contributed by atoms with Crippen LogP contribution >= 0.6 is 0 Å². The highest BCUT2D eigenvalue weighted by atomic mass is 32.2. The summed E-state index contributed by atoms with van der Waals surface area (Å²) in [4.78, 5) is 14.7. The van der Waals surface area contributed by atoms with Gasteiger partial charge in [0.2, 0.25) is 10.0 Å². The normalized spacial score (nSPS) is 12.9. The number of aromatic amines is 1. The first-order valence-electron chi connectivity index (χ1n) is 5.95. The Morgan fingerprint density at radius 2 is 1.90 bits per heavy atom. The maximum absolute atomic E-state index is 11.9. The molecule has 4 N–H and O–H groups in total. The molecule has 6 nitrogen and oxygen atoms in total. The molecule has 2 aromatic rings.